The van der Waals surface area contributed by atoms with Crippen LogP contribution in [0.1, 0.15) is 48.7 Å². The Labute approximate surface area is 160 Å². The molecule has 2 aromatic rings. The van der Waals surface area contributed by atoms with Crippen LogP contribution in [-0.2, 0) is 16.0 Å². The van der Waals surface area contributed by atoms with Gasteiger partial charge in [0.25, 0.3) is 0 Å². The number of rotatable bonds is 4. The Hall–Kier alpha value is -2.62. The summed E-state index contributed by atoms with van der Waals surface area (Å²) in [6, 6.07) is 15.4. The van der Waals surface area contributed by atoms with E-state index >= 15 is 0 Å². The lowest BCUT2D eigenvalue weighted by molar-refractivity contribution is -0.164. The molecule has 0 spiro atoms. The zero-order chi connectivity index (χ0) is 19.7. The van der Waals surface area contributed by atoms with Crippen LogP contribution in [0.15, 0.2) is 48.5 Å². The molecule has 1 aliphatic rings. The van der Waals surface area contributed by atoms with Crippen molar-refractivity contribution in [3.63, 3.8) is 0 Å². The maximum atomic E-state index is 13.4. The summed E-state index contributed by atoms with van der Waals surface area (Å²) in [4.78, 5) is 26.6. The third kappa shape index (κ3) is 3.90. The van der Waals surface area contributed by atoms with Crippen molar-refractivity contribution in [1.29, 1.82) is 0 Å². The molecule has 1 atom stereocenters. The van der Waals surface area contributed by atoms with Crippen molar-refractivity contribution in [2.45, 2.75) is 46.1 Å². The molecule has 142 valence electrons. The number of fused-ring (bicyclic) bond motifs is 1. The summed E-state index contributed by atoms with van der Waals surface area (Å²) in [5.74, 6) is -0.602. The van der Waals surface area contributed by atoms with Crippen molar-refractivity contribution < 1.29 is 14.3 Å². The highest BCUT2D eigenvalue weighted by Crippen LogP contribution is 2.38. The molecule has 0 fully saturated rings. The number of carbonyl (C=O) groups excluding carboxylic acids is 2. The van der Waals surface area contributed by atoms with E-state index in [4.69, 9.17) is 4.74 Å². The van der Waals surface area contributed by atoms with Crippen LogP contribution in [-0.4, -0.2) is 23.9 Å². The molecule has 0 saturated heterocycles. The molecule has 0 amide bonds. The molecule has 4 nitrogen and oxygen atoms in total. The Bertz CT molecular complexity index is 866. The molecule has 1 N–H and O–H groups in total. The van der Waals surface area contributed by atoms with E-state index in [0.29, 0.717) is 18.4 Å². The molecular formula is C23H27NO3. The zero-order valence-corrected chi connectivity index (χ0v) is 16.5. The van der Waals surface area contributed by atoms with Gasteiger partial charge in [-0.05, 0) is 57.7 Å². The minimum Gasteiger partial charge on any atom is -0.459 e. The predicted octanol–water partition coefficient (Wildman–Crippen LogP) is 4.56. The quantitative estimate of drug-likeness (QED) is 0.637. The zero-order valence-electron chi connectivity index (χ0n) is 16.5. The number of esters is 1. The van der Waals surface area contributed by atoms with Gasteiger partial charge in [-0.15, -0.1) is 0 Å². The van der Waals surface area contributed by atoms with E-state index in [-0.39, 0.29) is 12.3 Å². The number of anilines is 1. The fraction of sp³-hybridized carbons (Fsp3) is 0.391. The highest BCUT2D eigenvalue weighted by atomic mass is 16.6. The molecule has 0 heterocycles. The summed E-state index contributed by atoms with van der Waals surface area (Å²) >= 11 is 0. The van der Waals surface area contributed by atoms with Crippen LogP contribution < -0.4 is 5.32 Å². The van der Waals surface area contributed by atoms with E-state index in [2.05, 4.69) is 5.32 Å². The number of para-hydroxylation sites is 1. The molecule has 0 bridgehead atoms. The first-order chi connectivity index (χ1) is 12.7. The molecule has 3 rings (SSSR count). The number of ketones is 1. The predicted molar refractivity (Wildman–Crippen MR) is 107 cm³/mol. The Morgan fingerprint density at radius 2 is 1.78 bits per heavy atom. The minimum absolute atomic E-state index is 0.153. The molecule has 0 aromatic heterocycles. The Balaban J connectivity index is 1.96. The van der Waals surface area contributed by atoms with E-state index in [1.165, 1.54) is 0 Å². The molecule has 0 aliphatic heterocycles. The number of Topliss-reactive ketones (excluding diaryl/α,β-unsaturated/α-hetero) is 1. The van der Waals surface area contributed by atoms with Gasteiger partial charge in [0.2, 0.25) is 0 Å². The van der Waals surface area contributed by atoms with Crippen LogP contribution in [0.2, 0.25) is 0 Å². The van der Waals surface area contributed by atoms with Crippen LogP contribution in [0.5, 0.6) is 0 Å². The van der Waals surface area contributed by atoms with Gasteiger partial charge in [0.15, 0.2) is 5.78 Å². The second-order valence-electron chi connectivity index (χ2n) is 8.24. The van der Waals surface area contributed by atoms with Crippen LogP contribution >= 0.6 is 0 Å². The number of hydrogen-bond donors (Lipinski definition) is 1. The van der Waals surface area contributed by atoms with Crippen molar-refractivity contribution in [2.75, 3.05) is 11.9 Å². The lowest BCUT2D eigenvalue weighted by Gasteiger charge is -2.37. The van der Waals surface area contributed by atoms with Crippen molar-refractivity contribution in [3.05, 3.63) is 65.2 Å². The van der Waals surface area contributed by atoms with E-state index in [1.54, 1.807) is 0 Å². The fourth-order valence-electron chi connectivity index (χ4n) is 3.51. The standard InChI is InChI=1S/C23H27NO3/c1-16-9-5-8-12-19(16)24-15-23(21(26)27-22(2,3)4)14-13-17-10-6-7-11-18(17)20(23)25/h5-12,24H,13-15H2,1-4H3/t23-/m1/s1. The van der Waals surface area contributed by atoms with E-state index in [0.717, 1.165) is 16.8 Å². The first-order valence-corrected chi connectivity index (χ1v) is 9.39. The lowest BCUT2D eigenvalue weighted by atomic mass is 9.70. The van der Waals surface area contributed by atoms with Crippen LogP contribution in [0.25, 0.3) is 0 Å². The lowest BCUT2D eigenvalue weighted by Crippen LogP contribution is -2.50. The highest BCUT2D eigenvalue weighted by Gasteiger charge is 2.51. The summed E-state index contributed by atoms with van der Waals surface area (Å²) in [5, 5.41) is 3.33. The Morgan fingerprint density at radius 1 is 1.11 bits per heavy atom. The summed E-state index contributed by atoms with van der Waals surface area (Å²) < 4.78 is 5.68. The maximum absolute atomic E-state index is 13.4. The van der Waals surface area contributed by atoms with E-state index < -0.39 is 17.0 Å². The number of benzene rings is 2. The minimum atomic E-state index is -1.22. The highest BCUT2D eigenvalue weighted by molar-refractivity contribution is 6.14. The van der Waals surface area contributed by atoms with Crippen molar-refractivity contribution in [3.8, 4) is 0 Å². The number of carbonyl (C=O) groups is 2. The number of ether oxygens (including phenoxy) is 1. The van der Waals surface area contributed by atoms with Gasteiger partial charge in [0.1, 0.15) is 11.0 Å². The molecule has 27 heavy (non-hydrogen) atoms. The number of nitrogens with one attached hydrogen (secondary N) is 1. The monoisotopic (exact) mass is 365 g/mol. The van der Waals surface area contributed by atoms with Gasteiger partial charge >= 0.3 is 5.97 Å². The van der Waals surface area contributed by atoms with Gasteiger partial charge in [-0.2, -0.15) is 0 Å². The molecule has 1 aliphatic carbocycles. The smallest absolute Gasteiger partial charge is 0.322 e. The SMILES string of the molecule is Cc1ccccc1NC[C@]1(C(=O)OC(C)(C)C)CCc2ccccc2C1=O. The summed E-state index contributed by atoms with van der Waals surface area (Å²) in [5.41, 5.74) is 1.75. The Morgan fingerprint density at radius 3 is 2.48 bits per heavy atom. The number of hydrogen-bond acceptors (Lipinski definition) is 4. The van der Waals surface area contributed by atoms with Gasteiger partial charge in [-0.3, -0.25) is 9.59 Å². The van der Waals surface area contributed by atoms with Gasteiger partial charge in [0.05, 0.1) is 0 Å². The molecule has 0 radical (unpaired) electrons. The first-order valence-electron chi connectivity index (χ1n) is 9.39. The Kier molecular flexibility index (Phi) is 5.09. The average molecular weight is 365 g/mol. The van der Waals surface area contributed by atoms with Crippen LogP contribution in [0.4, 0.5) is 5.69 Å². The van der Waals surface area contributed by atoms with Crippen LogP contribution in [0.3, 0.4) is 0 Å². The van der Waals surface area contributed by atoms with Gasteiger partial charge < -0.3 is 10.1 Å². The van der Waals surface area contributed by atoms with Crippen LogP contribution in [0, 0.1) is 12.3 Å². The summed E-state index contributed by atoms with van der Waals surface area (Å²) in [7, 11) is 0. The average Bonchev–Trinajstić information content (AvgIpc) is 2.61. The third-order valence-corrected chi connectivity index (χ3v) is 5.03. The fourth-order valence-corrected chi connectivity index (χ4v) is 3.51. The second-order valence-corrected chi connectivity index (χ2v) is 8.24. The van der Waals surface area contributed by atoms with Crippen molar-refractivity contribution >= 4 is 17.4 Å². The normalized spacial score (nSPS) is 19.3. The van der Waals surface area contributed by atoms with Gasteiger partial charge in [-0.1, -0.05) is 42.5 Å². The summed E-state index contributed by atoms with van der Waals surface area (Å²) in [6.45, 7) is 7.71. The second kappa shape index (κ2) is 7.18. The van der Waals surface area contributed by atoms with E-state index in [9.17, 15) is 9.59 Å². The maximum Gasteiger partial charge on any atom is 0.322 e. The molecule has 0 saturated carbocycles. The largest absolute Gasteiger partial charge is 0.459 e. The first kappa shape index (κ1) is 19.2. The molecular weight excluding hydrogens is 338 g/mol. The molecule has 0 unspecified atom stereocenters. The molecule has 4 heteroatoms. The number of aryl methyl sites for hydroxylation is 2. The topological polar surface area (TPSA) is 55.4 Å². The third-order valence-electron chi connectivity index (χ3n) is 5.03. The summed E-state index contributed by atoms with van der Waals surface area (Å²) in [6.07, 6.45) is 1.12. The van der Waals surface area contributed by atoms with E-state index in [1.807, 2.05) is 76.2 Å². The van der Waals surface area contributed by atoms with Crippen molar-refractivity contribution in [1.82, 2.24) is 0 Å². The van der Waals surface area contributed by atoms with Gasteiger partial charge in [-0.25, -0.2) is 0 Å². The van der Waals surface area contributed by atoms with Gasteiger partial charge in [0, 0.05) is 17.8 Å². The van der Waals surface area contributed by atoms with Crippen molar-refractivity contribution in [2.24, 2.45) is 5.41 Å². The molecule has 2 aromatic carbocycles.